The number of amides is 1. The lowest BCUT2D eigenvalue weighted by molar-refractivity contribution is -0.121. The number of nitrogens with two attached hydrogens (primary N) is 1. The van der Waals surface area contributed by atoms with Gasteiger partial charge in [-0.1, -0.05) is 6.07 Å². The van der Waals surface area contributed by atoms with E-state index in [4.69, 9.17) is 5.73 Å². The van der Waals surface area contributed by atoms with Gasteiger partial charge in [0, 0.05) is 17.3 Å². The fraction of sp³-hybridized carbons (Fsp3) is 0.500. The average Bonchev–Trinajstić information content (AvgIpc) is 2.63. The third-order valence-electron chi connectivity index (χ3n) is 1.87. The fourth-order valence-corrected chi connectivity index (χ4v) is 1.69. The van der Waals surface area contributed by atoms with Crippen molar-refractivity contribution in [3.63, 3.8) is 0 Å². The predicted molar refractivity (Wildman–Crippen MR) is 59.0 cm³/mol. The van der Waals surface area contributed by atoms with Crippen molar-refractivity contribution in [1.82, 2.24) is 5.32 Å². The van der Waals surface area contributed by atoms with Crippen LogP contribution in [0.1, 0.15) is 24.6 Å². The Kier molecular flexibility index (Phi) is 4.62. The van der Waals surface area contributed by atoms with Crippen molar-refractivity contribution in [2.45, 2.75) is 32.4 Å². The van der Waals surface area contributed by atoms with Crippen LogP contribution in [0.4, 0.5) is 0 Å². The summed E-state index contributed by atoms with van der Waals surface area (Å²) >= 11 is 1.65. The van der Waals surface area contributed by atoms with Gasteiger partial charge in [-0.15, -0.1) is 11.3 Å². The highest BCUT2D eigenvalue weighted by atomic mass is 32.1. The van der Waals surface area contributed by atoms with Gasteiger partial charge in [-0.3, -0.25) is 4.79 Å². The Morgan fingerprint density at radius 1 is 1.71 bits per heavy atom. The summed E-state index contributed by atoms with van der Waals surface area (Å²) in [6.45, 7) is 2.54. The predicted octanol–water partition coefficient (Wildman–Crippen LogP) is 1.49. The molecule has 1 atom stereocenters. The molecule has 1 unspecified atom stereocenters. The SMILES string of the molecule is CC(N)CCC(=O)NCc1cccs1. The summed E-state index contributed by atoms with van der Waals surface area (Å²) in [5.74, 6) is 0.0794. The monoisotopic (exact) mass is 212 g/mol. The molecular weight excluding hydrogens is 196 g/mol. The van der Waals surface area contributed by atoms with Crippen LogP contribution in [0.25, 0.3) is 0 Å². The van der Waals surface area contributed by atoms with E-state index >= 15 is 0 Å². The largest absolute Gasteiger partial charge is 0.351 e. The van der Waals surface area contributed by atoms with E-state index in [1.807, 2.05) is 24.4 Å². The molecule has 1 aromatic rings. The second-order valence-corrected chi connectivity index (χ2v) is 4.40. The number of carbonyl (C=O) groups is 1. The van der Waals surface area contributed by atoms with E-state index in [0.29, 0.717) is 13.0 Å². The van der Waals surface area contributed by atoms with E-state index in [1.54, 1.807) is 11.3 Å². The molecule has 1 aromatic heterocycles. The molecular formula is C10H16N2OS. The van der Waals surface area contributed by atoms with E-state index in [9.17, 15) is 4.79 Å². The van der Waals surface area contributed by atoms with Crippen LogP contribution in [-0.4, -0.2) is 11.9 Å². The summed E-state index contributed by atoms with van der Waals surface area (Å²) in [6.07, 6.45) is 1.26. The smallest absolute Gasteiger partial charge is 0.220 e. The molecule has 0 aliphatic carbocycles. The van der Waals surface area contributed by atoms with Gasteiger partial charge in [0.15, 0.2) is 0 Å². The van der Waals surface area contributed by atoms with Crippen LogP contribution in [0.15, 0.2) is 17.5 Å². The van der Waals surface area contributed by atoms with E-state index in [1.165, 1.54) is 4.88 Å². The van der Waals surface area contributed by atoms with Crippen LogP contribution in [0.5, 0.6) is 0 Å². The van der Waals surface area contributed by atoms with E-state index in [0.717, 1.165) is 6.42 Å². The van der Waals surface area contributed by atoms with Crippen LogP contribution < -0.4 is 11.1 Å². The van der Waals surface area contributed by atoms with Crippen molar-refractivity contribution in [2.75, 3.05) is 0 Å². The van der Waals surface area contributed by atoms with Crippen molar-refractivity contribution in [3.8, 4) is 0 Å². The number of rotatable bonds is 5. The zero-order valence-corrected chi connectivity index (χ0v) is 9.14. The number of hydrogen-bond donors (Lipinski definition) is 2. The maximum atomic E-state index is 11.3. The topological polar surface area (TPSA) is 55.1 Å². The number of nitrogens with one attached hydrogen (secondary N) is 1. The Balaban J connectivity index is 2.15. The van der Waals surface area contributed by atoms with Gasteiger partial charge < -0.3 is 11.1 Å². The molecule has 0 fully saturated rings. The summed E-state index contributed by atoms with van der Waals surface area (Å²) in [5, 5.41) is 4.86. The van der Waals surface area contributed by atoms with Gasteiger partial charge in [0.05, 0.1) is 6.54 Å². The Morgan fingerprint density at radius 2 is 2.50 bits per heavy atom. The lowest BCUT2D eigenvalue weighted by Crippen LogP contribution is -2.25. The summed E-state index contributed by atoms with van der Waals surface area (Å²) in [4.78, 5) is 12.5. The Bertz CT molecular complexity index is 270. The minimum absolute atomic E-state index is 0.0794. The first-order valence-electron chi connectivity index (χ1n) is 4.73. The number of hydrogen-bond acceptors (Lipinski definition) is 3. The second kappa shape index (κ2) is 5.78. The van der Waals surface area contributed by atoms with Crippen molar-refractivity contribution in [1.29, 1.82) is 0 Å². The van der Waals surface area contributed by atoms with Crippen LogP contribution in [0.3, 0.4) is 0 Å². The number of thiophene rings is 1. The van der Waals surface area contributed by atoms with Crippen molar-refractivity contribution < 1.29 is 4.79 Å². The molecule has 1 rings (SSSR count). The van der Waals surface area contributed by atoms with Crippen LogP contribution >= 0.6 is 11.3 Å². The van der Waals surface area contributed by atoms with Gasteiger partial charge in [0.25, 0.3) is 0 Å². The molecule has 0 aliphatic rings. The molecule has 0 spiro atoms. The van der Waals surface area contributed by atoms with Crippen molar-refractivity contribution in [3.05, 3.63) is 22.4 Å². The molecule has 3 nitrogen and oxygen atoms in total. The van der Waals surface area contributed by atoms with Crippen molar-refractivity contribution in [2.24, 2.45) is 5.73 Å². The molecule has 0 radical (unpaired) electrons. The highest BCUT2D eigenvalue weighted by molar-refractivity contribution is 7.09. The summed E-state index contributed by atoms with van der Waals surface area (Å²) in [6, 6.07) is 4.09. The Labute approximate surface area is 88.3 Å². The van der Waals surface area contributed by atoms with Crippen LogP contribution in [0, 0.1) is 0 Å². The Morgan fingerprint density at radius 3 is 3.07 bits per heavy atom. The standard InChI is InChI=1S/C10H16N2OS/c1-8(11)4-5-10(13)12-7-9-3-2-6-14-9/h2-3,6,8H,4-5,7,11H2,1H3,(H,12,13). The van der Waals surface area contributed by atoms with Gasteiger partial charge in [0.2, 0.25) is 5.91 Å². The first-order chi connectivity index (χ1) is 6.68. The van der Waals surface area contributed by atoms with E-state index in [-0.39, 0.29) is 11.9 Å². The van der Waals surface area contributed by atoms with Gasteiger partial charge in [-0.2, -0.15) is 0 Å². The molecule has 0 bridgehead atoms. The van der Waals surface area contributed by atoms with E-state index in [2.05, 4.69) is 5.32 Å². The minimum Gasteiger partial charge on any atom is -0.351 e. The quantitative estimate of drug-likeness (QED) is 0.777. The molecule has 0 saturated carbocycles. The van der Waals surface area contributed by atoms with Gasteiger partial charge in [-0.05, 0) is 24.8 Å². The Hall–Kier alpha value is -0.870. The zero-order valence-electron chi connectivity index (χ0n) is 8.32. The molecule has 1 heterocycles. The fourth-order valence-electron chi connectivity index (χ4n) is 1.05. The zero-order chi connectivity index (χ0) is 10.4. The first-order valence-corrected chi connectivity index (χ1v) is 5.61. The molecule has 3 N–H and O–H groups in total. The molecule has 4 heteroatoms. The lowest BCUT2D eigenvalue weighted by atomic mass is 10.2. The van der Waals surface area contributed by atoms with Crippen molar-refractivity contribution >= 4 is 17.2 Å². The first kappa shape index (κ1) is 11.2. The van der Waals surface area contributed by atoms with Gasteiger partial charge >= 0.3 is 0 Å². The summed E-state index contributed by atoms with van der Waals surface area (Å²) in [7, 11) is 0. The highest BCUT2D eigenvalue weighted by Crippen LogP contribution is 2.07. The van der Waals surface area contributed by atoms with Gasteiger partial charge in [-0.25, -0.2) is 0 Å². The summed E-state index contributed by atoms with van der Waals surface area (Å²) < 4.78 is 0. The molecule has 14 heavy (non-hydrogen) atoms. The second-order valence-electron chi connectivity index (χ2n) is 3.37. The van der Waals surface area contributed by atoms with E-state index < -0.39 is 0 Å². The maximum Gasteiger partial charge on any atom is 0.220 e. The minimum atomic E-state index is 0.0794. The molecule has 0 aliphatic heterocycles. The lowest BCUT2D eigenvalue weighted by Gasteiger charge is -2.05. The number of carbonyl (C=O) groups excluding carboxylic acids is 1. The average molecular weight is 212 g/mol. The van der Waals surface area contributed by atoms with Crippen LogP contribution in [-0.2, 0) is 11.3 Å². The molecule has 0 saturated heterocycles. The highest BCUT2D eigenvalue weighted by Gasteiger charge is 2.03. The molecule has 78 valence electrons. The third kappa shape index (κ3) is 4.39. The maximum absolute atomic E-state index is 11.3. The molecule has 0 aromatic carbocycles. The molecule has 1 amide bonds. The third-order valence-corrected chi connectivity index (χ3v) is 2.74. The normalized spacial score (nSPS) is 12.4. The van der Waals surface area contributed by atoms with Gasteiger partial charge in [0.1, 0.15) is 0 Å². The van der Waals surface area contributed by atoms with Crippen LogP contribution in [0.2, 0.25) is 0 Å². The summed E-state index contributed by atoms with van der Waals surface area (Å²) in [5.41, 5.74) is 5.55.